The number of likely N-dealkylation sites (tertiary alicyclic amines) is 1. The van der Waals surface area contributed by atoms with Crippen LogP contribution >= 0.6 is 11.3 Å². The number of hydrogen-bond acceptors (Lipinski definition) is 6. The molecule has 0 unspecified atom stereocenters. The summed E-state index contributed by atoms with van der Waals surface area (Å²) < 4.78 is 5.35. The Hall–Kier alpha value is -2.65. The molecular weight excluding hydrogens is 382 g/mol. The summed E-state index contributed by atoms with van der Waals surface area (Å²) in [5.41, 5.74) is 2.22. The number of rotatable bonds is 6. The fourth-order valence-electron chi connectivity index (χ4n) is 3.07. The molecule has 1 saturated heterocycles. The van der Waals surface area contributed by atoms with Gasteiger partial charge in [0.25, 0.3) is 0 Å². The Balaban J connectivity index is 1.55. The van der Waals surface area contributed by atoms with Crippen LogP contribution in [-0.4, -0.2) is 58.6 Å². The second kappa shape index (κ2) is 9.52. The number of piperidine rings is 1. The molecule has 1 fully saturated rings. The van der Waals surface area contributed by atoms with Gasteiger partial charge in [0, 0.05) is 37.1 Å². The van der Waals surface area contributed by atoms with Gasteiger partial charge in [0.05, 0.1) is 18.0 Å². The number of nitrogens with one attached hydrogen (secondary N) is 1. The number of carboxylic acid groups (broad SMARTS) is 1. The van der Waals surface area contributed by atoms with Crippen LogP contribution in [0.3, 0.4) is 0 Å². The van der Waals surface area contributed by atoms with E-state index < -0.39 is 12.2 Å². The van der Waals surface area contributed by atoms with Gasteiger partial charge < -0.3 is 19.8 Å². The molecule has 0 radical (unpaired) electrons. The topological polar surface area (TPSA) is 112 Å². The third-order valence-electron chi connectivity index (χ3n) is 4.65. The predicted octanol–water partition coefficient (Wildman–Crippen LogP) is 3.28. The van der Waals surface area contributed by atoms with Crippen LogP contribution in [-0.2, 0) is 11.2 Å². The zero-order valence-electron chi connectivity index (χ0n) is 15.3. The van der Waals surface area contributed by atoms with Crippen molar-refractivity contribution in [3.05, 3.63) is 35.3 Å². The molecule has 0 aliphatic carbocycles. The number of aliphatic hydroxyl groups is 1. The summed E-state index contributed by atoms with van der Waals surface area (Å²) in [4.78, 5) is 29.0. The Kier molecular flexibility index (Phi) is 6.83. The van der Waals surface area contributed by atoms with Crippen LogP contribution in [0.25, 0.3) is 10.6 Å². The SMILES string of the molecule is O=C(Nc1ccccc1-c1nc(CCO)cs1)OCC1CCN(C(=O)O)CC1. The Labute approximate surface area is 166 Å². The van der Waals surface area contributed by atoms with Gasteiger partial charge in [0.15, 0.2) is 0 Å². The first-order chi connectivity index (χ1) is 13.6. The summed E-state index contributed by atoms with van der Waals surface area (Å²) in [6.45, 7) is 1.24. The maximum Gasteiger partial charge on any atom is 0.411 e. The van der Waals surface area contributed by atoms with Crippen molar-refractivity contribution in [1.29, 1.82) is 0 Å². The number of benzene rings is 1. The maximum atomic E-state index is 12.2. The molecule has 1 aromatic heterocycles. The van der Waals surface area contributed by atoms with Gasteiger partial charge in [-0.15, -0.1) is 11.3 Å². The fraction of sp³-hybridized carbons (Fsp3) is 0.421. The highest BCUT2D eigenvalue weighted by molar-refractivity contribution is 7.13. The molecule has 3 rings (SSSR count). The Morgan fingerprint density at radius 3 is 2.75 bits per heavy atom. The van der Waals surface area contributed by atoms with Crippen LogP contribution in [0.5, 0.6) is 0 Å². The third-order valence-corrected chi connectivity index (χ3v) is 5.57. The Morgan fingerprint density at radius 2 is 2.04 bits per heavy atom. The quantitative estimate of drug-likeness (QED) is 0.680. The lowest BCUT2D eigenvalue weighted by Gasteiger charge is -2.29. The highest BCUT2D eigenvalue weighted by Crippen LogP contribution is 2.30. The summed E-state index contributed by atoms with van der Waals surface area (Å²) in [6.07, 6.45) is 0.416. The molecule has 2 amide bonds. The Bertz CT molecular complexity index is 817. The fourth-order valence-corrected chi connectivity index (χ4v) is 3.96. The van der Waals surface area contributed by atoms with E-state index in [4.69, 9.17) is 14.9 Å². The number of anilines is 1. The van der Waals surface area contributed by atoms with Crippen molar-refractivity contribution < 1.29 is 24.5 Å². The molecule has 150 valence electrons. The van der Waals surface area contributed by atoms with Crippen molar-refractivity contribution in [3.63, 3.8) is 0 Å². The lowest BCUT2D eigenvalue weighted by atomic mass is 9.98. The first-order valence-corrected chi connectivity index (χ1v) is 10.0. The van der Waals surface area contributed by atoms with Gasteiger partial charge in [-0.3, -0.25) is 5.32 Å². The molecule has 1 aromatic carbocycles. The molecule has 28 heavy (non-hydrogen) atoms. The molecule has 0 saturated carbocycles. The van der Waals surface area contributed by atoms with Crippen LogP contribution in [0.1, 0.15) is 18.5 Å². The normalized spacial score (nSPS) is 14.7. The highest BCUT2D eigenvalue weighted by Gasteiger charge is 2.23. The summed E-state index contributed by atoms with van der Waals surface area (Å²) in [5, 5.41) is 23.4. The molecule has 1 aliphatic heterocycles. The molecule has 2 aromatic rings. The van der Waals surface area contributed by atoms with E-state index in [-0.39, 0.29) is 19.1 Å². The molecule has 0 spiro atoms. The molecule has 1 aliphatic rings. The summed E-state index contributed by atoms with van der Waals surface area (Å²) in [7, 11) is 0. The molecular formula is C19H23N3O5S. The third kappa shape index (κ3) is 5.20. The van der Waals surface area contributed by atoms with Gasteiger partial charge in [-0.05, 0) is 30.9 Å². The van der Waals surface area contributed by atoms with Gasteiger partial charge in [-0.25, -0.2) is 14.6 Å². The summed E-state index contributed by atoms with van der Waals surface area (Å²) in [5.74, 6) is 0.164. The van der Waals surface area contributed by atoms with Crippen molar-refractivity contribution in [2.45, 2.75) is 19.3 Å². The van der Waals surface area contributed by atoms with Crippen LogP contribution in [0, 0.1) is 5.92 Å². The van der Waals surface area contributed by atoms with Crippen molar-refractivity contribution in [2.75, 3.05) is 31.6 Å². The number of thiazole rings is 1. The van der Waals surface area contributed by atoms with Crippen LogP contribution in [0.2, 0.25) is 0 Å². The van der Waals surface area contributed by atoms with Gasteiger partial charge in [0.1, 0.15) is 5.01 Å². The first-order valence-electron chi connectivity index (χ1n) is 9.13. The summed E-state index contributed by atoms with van der Waals surface area (Å²) in [6, 6.07) is 7.35. The van der Waals surface area contributed by atoms with Gasteiger partial charge in [-0.2, -0.15) is 0 Å². The molecule has 0 bridgehead atoms. The van der Waals surface area contributed by atoms with Crippen LogP contribution < -0.4 is 5.32 Å². The minimum atomic E-state index is -0.905. The van der Waals surface area contributed by atoms with E-state index in [9.17, 15) is 9.59 Å². The van der Waals surface area contributed by atoms with Crippen molar-refractivity contribution in [2.24, 2.45) is 5.92 Å². The number of hydrogen-bond donors (Lipinski definition) is 3. The van der Waals surface area contributed by atoms with Gasteiger partial charge in [0.2, 0.25) is 0 Å². The van der Waals surface area contributed by atoms with E-state index in [0.717, 1.165) is 16.3 Å². The number of carbonyl (C=O) groups excluding carboxylic acids is 1. The van der Waals surface area contributed by atoms with Crippen molar-refractivity contribution >= 4 is 29.2 Å². The molecule has 8 nitrogen and oxygen atoms in total. The number of aliphatic hydroxyl groups excluding tert-OH is 1. The number of carbonyl (C=O) groups is 2. The number of nitrogens with zero attached hydrogens (tertiary/aromatic N) is 2. The molecule has 2 heterocycles. The minimum Gasteiger partial charge on any atom is -0.465 e. The second-order valence-electron chi connectivity index (χ2n) is 6.60. The first kappa shape index (κ1) is 20.1. The zero-order valence-corrected chi connectivity index (χ0v) is 16.2. The average Bonchev–Trinajstić information content (AvgIpc) is 3.16. The lowest BCUT2D eigenvalue weighted by Crippen LogP contribution is -2.38. The van der Waals surface area contributed by atoms with E-state index in [1.54, 1.807) is 6.07 Å². The van der Waals surface area contributed by atoms with Crippen LogP contribution in [0.4, 0.5) is 15.3 Å². The largest absolute Gasteiger partial charge is 0.465 e. The molecule has 9 heteroatoms. The Morgan fingerprint density at radius 1 is 1.29 bits per heavy atom. The lowest BCUT2D eigenvalue weighted by molar-refractivity contribution is 0.0948. The van der Waals surface area contributed by atoms with E-state index in [1.165, 1.54) is 16.2 Å². The minimum absolute atomic E-state index is 0.0424. The molecule has 3 N–H and O–H groups in total. The van der Waals surface area contributed by atoms with E-state index in [0.29, 0.717) is 38.0 Å². The number of para-hydroxylation sites is 1. The highest BCUT2D eigenvalue weighted by atomic mass is 32.1. The number of amides is 2. The summed E-state index contributed by atoms with van der Waals surface area (Å²) >= 11 is 1.46. The smallest absolute Gasteiger partial charge is 0.411 e. The van der Waals surface area contributed by atoms with Crippen LogP contribution in [0.15, 0.2) is 29.6 Å². The second-order valence-corrected chi connectivity index (χ2v) is 7.46. The standard InChI is InChI=1S/C19H23N3O5S/c23-10-7-14-12-28-17(20-14)15-3-1-2-4-16(15)21-18(24)27-11-13-5-8-22(9-6-13)19(25)26/h1-4,12-13,23H,5-11H2,(H,21,24)(H,25,26). The zero-order chi connectivity index (χ0) is 19.9. The monoisotopic (exact) mass is 405 g/mol. The average molecular weight is 405 g/mol. The van der Waals surface area contributed by atoms with Gasteiger partial charge in [-0.1, -0.05) is 12.1 Å². The van der Waals surface area contributed by atoms with E-state index in [2.05, 4.69) is 10.3 Å². The van der Waals surface area contributed by atoms with E-state index >= 15 is 0 Å². The van der Waals surface area contributed by atoms with Crippen molar-refractivity contribution in [3.8, 4) is 10.6 Å². The van der Waals surface area contributed by atoms with E-state index in [1.807, 2.05) is 23.6 Å². The predicted molar refractivity (Wildman–Crippen MR) is 106 cm³/mol. The number of ether oxygens (including phenoxy) is 1. The van der Waals surface area contributed by atoms with Gasteiger partial charge >= 0.3 is 12.2 Å². The molecule has 0 atom stereocenters. The number of aromatic nitrogens is 1. The maximum absolute atomic E-state index is 12.2. The van der Waals surface area contributed by atoms with Crippen molar-refractivity contribution in [1.82, 2.24) is 9.88 Å².